The van der Waals surface area contributed by atoms with Gasteiger partial charge in [0.05, 0.1) is 10.7 Å². The number of rotatable bonds is 5. The predicted octanol–water partition coefficient (Wildman–Crippen LogP) is 4.03. The van der Waals surface area contributed by atoms with Crippen molar-refractivity contribution in [2.75, 3.05) is 5.32 Å². The smallest absolute Gasteiger partial charge is 0.359 e. The lowest BCUT2D eigenvalue weighted by molar-refractivity contribution is -0.123. The number of anilines is 1. The van der Waals surface area contributed by atoms with Crippen LogP contribution in [-0.4, -0.2) is 32.7 Å². The van der Waals surface area contributed by atoms with Crippen LogP contribution in [-0.2, 0) is 9.53 Å². The Balaban J connectivity index is 1.76. The van der Waals surface area contributed by atoms with Gasteiger partial charge in [-0.3, -0.25) is 4.79 Å². The molecule has 2 heterocycles. The van der Waals surface area contributed by atoms with Crippen LogP contribution in [0.4, 0.5) is 5.69 Å². The number of nitrogens with one attached hydrogen (secondary N) is 1. The predicted molar refractivity (Wildman–Crippen MR) is 111 cm³/mol. The Morgan fingerprint density at radius 1 is 1.14 bits per heavy atom. The zero-order chi connectivity index (χ0) is 21.1. The molecule has 0 saturated heterocycles. The van der Waals surface area contributed by atoms with E-state index in [1.807, 2.05) is 45.0 Å². The molecule has 0 aliphatic heterocycles. The highest BCUT2D eigenvalue weighted by Crippen LogP contribution is 2.20. The van der Waals surface area contributed by atoms with Crippen molar-refractivity contribution in [3.05, 3.63) is 70.1 Å². The molecule has 150 valence electrons. The molecule has 1 amide bonds. The Morgan fingerprint density at radius 3 is 2.52 bits per heavy atom. The van der Waals surface area contributed by atoms with Gasteiger partial charge in [-0.1, -0.05) is 29.8 Å². The normalized spacial score (nSPS) is 11.8. The fourth-order valence-corrected chi connectivity index (χ4v) is 2.95. The number of pyridine rings is 1. The molecule has 8 heteroatoms. The minimum atomic E-state index is -1.03. The number of amides is 1. The van der Waals surface area contributed by atoms with Crippen molar-refractivity contribution in [2.45, 2.75) is 33.8 Å². The van der Waals surface area contributed by atoms with Crippen molar-refractivity contribution in [3.8, 4) is 5.82 Å². The van der Waals surface area contributed by atoms with E-state index in [0.717, 1.165) is 17.0 Å². The molecule has 0 spiro atoms. The number of esters is 1. The summed E-state index contributed by atoms with van der Waals surface area (Å²) in [5.74, 6) is -0.798. The summed E-state index contributed by atoms with van der Waals surface area (Å²) in [5.41, 5.74) is 3.17. The van der Waals surface area contributed by atoms with Crippen molar-refractivity contribution in [1.82, 2.24) is 14.8 Å². The van der Waals surface area contributed by atoms with E-state index in [1.165, 1.54) is 6.92 Å². The highest BCUT2D eigenvalue weighted by Gasteiger charge is 2.23. The molecule has 0 bridgehead atoms. The standard InChI is InChI=1S/C21H21ClN4O3/c1-12-7-5-6-8-17(12)23-20(27)15(4)29-21(28)19-16(22)9-10-18(24-19)26-14(3)11-13(2)25-26/h5-11,15H,1-4H3,(H,23,27). The fraction of sp³-hybridized carbons (Fsp3) is 0.238. The van der Waals surface area contributed by atoms with E-state index in [-0.39, 0.29) is 10.7 Å². The summed E-state index contributed by atoms with van der Waals surface area (Å²) in [6.07, 6.45) is -1.03. The van der Waals surface area contributed by atoms with E-state index < -0.39 is 18.0 Å². The lowest BCUT2D eigenvalue weighted by Crippen LogP contribution is -2.30. The maximum absolute atomic E-state index is 12.6. The van der Waals surface area contributed by atoms with Gasteiger partial charge in [0.15, 0.2) is 17.6 Å². The first kappa shape index (κ1) is 20.5. The molecule has 7 nitrogen and oxygen atoms in total. The highest BCUT2D eigenvalue weighted by molar-refractivity contribution is 6.33. The Bertz CT molecular complexity index is 1080. The number of carbonyl (C=O) groups excluding carboxylic acids is 2. The Kier molecular flexibility index (Phi) is 5.98. The van der Waals surface area contributed by atoms with E-state index in [4.69, 9.17) is 16.3 Å². The largest absolute Gasteiger partial charge is 0.448 e. The number of hydrogen-bond acceptors (Lipinski definition) is 5. The molecule has 0 fully saturated rings. The summed E-state index contributed by atoms with van der Waals surface area (Å²) >= 11 is 6.14. The molecule has 0 saturated carbocycles. The van der Waals surface area contributed by atoms with Crippen molar-refractivity contribution < 1.29 is 14.3 Å². The number of para-hydroxylation sites is 1. The Hall–Kier alpha value is -3.19. The molecule has 1 atom stereocenters. The van der Waals surface area contributed by atoms with Crippen LogP contribution in [0.1, 0.15) is 34.4 Å². The second-order valence-corrected chi connectivity index (χ2v) is 7.10. The lowest BCUT2D eigenvalue weighted by Gasteiger charge is -2.15. The number of nitrogens with zero attached hydrogens (tertiary/aromatic N) is 3. The number of benzene rings is 1. The van der Waals surface area contributed by atoms with Gasteiger partial charge in [-0.25, -0.2) is 14.5 Å². The third-order valence-corrected chi connectivity index (χ3v) is 4.61. The number of carbonyl (C=O) groups is 2. The molecule has 2 aromatic heterocycles. The van der Waals surface area contributed by atoms with E-state index in [9.17, 15) is 9.59 Å². The minimum absolute atomic E-state index is 0.0766. The quantitative estimate of drug-likeness (QED) is 0.639. The first-order valence-corrected chi connectivity index (χ1v) is 9.41. The van der Waals surface area contributed by atoms with Gasteiger partial charge in [0.1, 0.15) is 0 Å². The van der Waals surface area contributed by atoms with Crippen LogP contribution in [0, 0.1) is 20.8 Å². The lowest BCUT2D eigenvalue weighted by atomic mass is 10.2. The van der Waals surface area contributed by atoms with Crippen molar-refractivity contribution in [1.29, 1.82) is 0 Å². The van der Waals surface area contributed by atoms with Gasteiger partial charge in [0.25, 0.3) is 5.91 Å². The molecule has 0 aliphatic rings. The molecule has 0 radical (unpaired) electrons. The third-order valence-electron chi connectivity index (χ3n) is 4.31. The number of aromatic nitrogens is 3. The third kappa shape index (κ3) is 4.63. The highest BCUT2D eigenvalue weighted by atomic mass is 35.5. The van der Waals surface area contributed by atoms with Crippen LogP contribution in [0.2, 0.25) is 5.02 Å². The van der Waals surface area contributed by atoms with Crippen molar-refractivity contribution in [3.63, 3.8) is 0 Å². The molecule has 0 aliphatic carbocycles. The zero-order valence-electron chi connectivity index (χ0n) is 16.6. The summed E-state index contributed by atoms with van der Waals surface area (Å²) in [6, 6.07) is 12.4. The molecular formula is C21H21ClN4O3. The first-order valence-electron chi connectivity index (χ1n) is 9.04. The van der Waals surface area contributed by atoms with Crippen molar-refractivity contribution >= 4 is 29.2 Å². The summed E-state index contributed by atoms with van der Waals surface area (Å²) in [7, 11) is 0. The van der Waals surface area contributed by atoms with Crippen molar-refractivity contribution in [2.24, 2.45) is 0 Å². The summed E-state index contributed by atoms with van der Waals surface area (Å²) in [4.78, 5) is 29.3. The van der Waals surface area contributed by atoms with Gasteiger partial charge >= 0.3 is 5.97 Å². The zero-order valence-corrected chi connectivity index (χ0v) is 17.3. The van der Waals surface area contributed by atoms with E-state index in [0.29, 0.717) is 11.5 Å². The Morgan fingerprint density at radius 2 is 1.86 bits per heavy atom. The number of ether oxygens (including phenoxy) is 1. The SMILES string of the molecule is Cc1cc(C)n(-c2ccc(Cl)c(C(=O)OC(C)C(=O)Nc3ccccc3C)n2)n1. The average Bonchev–Trinajstić information content (AvgIpc) is 3.02. The van der Waals surface area contributed by atoms with Crippen LogP contribution in [0.3, 0.4) is 0 Å². The Labute approximate surface area is 173 Å². The maximum Gasteiger partial charge on any atom is 0.359 e. The van der Waals surface area contributed by atoms with Crippen LogP contribution in [0.25, 0.3) is 5.82 Å². The molecule has 1 aromatic carbocycles. The number of hydrogen-bond donors (Lipinski definition) is 1. The summed E-state index contributed by atoms with van der Waals surface area (Å²) < 4.78 is 6.90. The van der Waals surface area contributed by atoms with E-state index >= 15 is 0 Å². The molecule has 29 heavy (non-hydrogen) atoms. The maximum atomic E-state index is 12.6. The van der Waals surface area contributed by atoms with Gasteiger partial charge in [-0.05, 0) is 57.5 Å². The van der Waals surface area contributed by atoms with Crippen LogP contribution in [0.15, 0.2) is 42.5 Å². The topological polar surface area (TPSA) is 86.1 Å². The second-order valence-electron chi connectivity index (χ2n) is 6.69. The average molecular weight is 413 g/mol. The molecule has 1 N–H and O–H groups in total. The van der Waals surface area contributed by atoms with Crippen LogP contribution < -0.4 is 5.32 Å². The van der Waals surface area contributed by atoms with Gasteiger partial charge in [0.2, 0.25) is 0 Å². The van der Waals surface area contributed by atoms with Crippen LogP contribution >= 0.6 is 11.6 Å². The molecule has 3 aromatic rings. The first-order chi connectivity index (χ1) is 13.8. The molecule has 3 rings (SSSR count). The van der Waals surface area contributed by atoms with E-state index in [2.05, 4.69) is 15.4 Å². The number of aryl methyl sites for hydroxylation is 3. The molecule has 1 unspecified atom stereocenters. The minimum Gasteiger partial charge on any atom is -0.448 e. The number of halogens is 1. The summed E-state index contributed by atoms with van der Waals surface area (Å²) in [6.45, 7) is 7.11. The van der Waals surface area contributed by atoms with E-state index in [1.54, 1.807) is 22.9 Å². The monoisotopic (exact) mass is 412 g/mol. The summed E-state index contributed by atoms with van der Waals surface area (Å²) in [5, 5.41) is 7.23. The molecular weight excluding hydrogens is 392 g/mol. The van der Waals surface area contributed by atoms with Gasteiger partial charge in [-0.15, -0.1) is 0 Å². The second kappa shape index (κ2) is 8.45. The van der Waals surface area contributed by atoms with Gasteiger partial charge < -0.3 is 10.1 Å². The fourth-order valence-electron chi connectivity index (χ4n) is 2.77. The van der Waals surface area contributed by atoms with Gasteiger partial charge in [0, 0.05) is 11.4 Å². The van der Waals surface area contributed by atoms with Crippen LogP contribution in [0.5, 0.6) is 0 Å². The van der Waals surface area contributed by atoms with Gasteiger partial charge in [-0.2, -0.15) is 5.10 Å².